The zero-order valence-corrected chi connectivity index (χ0v) is 11.0. The molecule has 0 aliphatic rings. The van der Waals surface area contributed by atoms with Crippen molar-refractivity contribution in [2.75, 3.05) is 7.11 Å². The highest BCUT2D eigenvalue weighted by Crippen LogP contribution is 2.18. The minimum atomic E-state index is -0.450. The molecular weight excluding hydrogens is 257 g/mol. The van der Waals surface area contributed by atoms with E-state index in [0.717, 1.165) is 5.56 Å². The molecule has 1 aromatic heterocycles. The molecule has 0 N–H and O–H groups in total. The zero-order valence-electron chi connectivity index (χ0n) is 11.0. The number of aromatic nitrogens is 1. The Morgan fingerprint density at radius 1 is 1.40 bits per heavy atom. The first-order valence-electron chi connectivity index (χ1n) is 6.12. The Morgan fingerprint density at radius 3 is 2.90 bits per heavy atom. The summed E-state index contributed by atoms with van der Waals surface area (Å²) in [5, 5.41) is 0. The highest BCUT2D eigenvalue weighted by Gasteiger charge is 2.03. The lowest BCUT2D eigenvalue weighted by Gasteiger charge is -2.01. The molecule has 0 bridgehead atoms. The third-order valence-electron chi connectivity index (χ3n) is 2.74. The fraction of sp³-hybridized carbons (Fsp3) is 0.125. The largest absolute Gasteiger partial charge is 0.494 e. The van der Waals surface area contributed by atoms with E-state index in [1.165, 1.54) is 25.3 Å². The van der Waals surface area contributed by atoms with Crippen LogP contribution in [0.2, 0.25) is 0 Å². The van der Waals surface area contributed by atoms with Crippen molar-refractivity contribution in [1.29, 1.82) is 0 Å². The van der Waals surface area contributed by atoms with Crippen LogP contribution in [0.25, 0.3) is 6.08 Å². The van der Waals surface area contributed by atoms with Gasteiger partial charge in [-0.2, -0.15) is 0 Å². The van der Waals surface area contributed by atoms with Gasteiger partial charge in [0, 0.05) is 18.8 Å². The Labute approximate surface area is 116 Å². The van der Waals surface area contributed by atoms with E-state index in [2.05, 4.69) is 4.98 Å². The van der Waals surface area contributed by atoms with Crippen molar-refractivity contribution in [2.24, 2.45) is 0 Å². The van der Waals surface area contributed by atoms with E-state index in [1.807, 2.05) is 6.07 Å². The van der Waals surface area contributed by atoms with E-state index in [9.17, 15) is 9.18 Å². The highest BCUT2D eigenvalue weighted by molar-refractivity contribution is 5.95. The van der Waals surface area contributed by atoms with E-state index < -0.39 is 5.82 Å². The van der Waals surface area contributed by atoms with Crippen LogP contribution in [0.15, 0.2) is 48.8 Å². The monoisotopic (exact) mass is 271 g/mol. The number of carbonyl (C=O) groups is 1. The van der Waals surface area contributed by atoms with Crippen LogP contribution < -0.4 is 4.74 Å². The smallest absolute Gasteiger partial charge is 0.165 e. The summed E-state index contributed by atoms with van der Waals surface area (Å²) < 4.78 is 18.3. The molecule has 0 amide bonds. The number of carbonyl (C=O) groups excluding carboxylic acids is 1. The molecule has 0 saturated heterocycles. The van der Waals surface area contributed by atoms with E-state index in [4.69, 9.17) is 4.74 Å². The van der Waals surface area contributed by atoms with Crippen LogP contribution >= 0.6 is 0 Å². The van der Waals surface area contributed by atoms with Crippen LogP contribution in [0.5, 0.6) is 5.75 Å². The standard InChI is InChI=1S/C16H14FNO2/c1-20-16-7-5-12(10-15(16)17)4-6-14(19)9-13-3-2-8-18-11-13/h2-8,10-11H,9H2,1H3. The summed E-state index contributed by atoms with van der Waals surface area (Å²) in [4.78, 5) is 15.7. The predicted molar refractivity (Wildman–Crippen MR) is 74.9 cm³/mol. The number of halogens is 1. The number of pyridine rings is 1. The Balaban J connectivity index is 2.02. The maximum atomic E-state index is 13.5. The zero-order chi connectivity index (χ0) is 14.4. The molecule has 0 atom stereocenters. The van der Waals surface area contributed by atoms with Crippen LogP contribution in [-0.4, -0.2) is 17.9 Å². The van der Waals surface area contributed by atoms with Gasteiger partial charge in [0.1, 0.15) is 0 Å². The molecule has 0 fully saturated rings. The summed E-state index contributed by atoms with van der Waals surface area (Å²) in [5.41, 5.74) is 1.46. The van der Waals surface area contributed by atoms with Crippen molar-refractivity contribution in [1.82, 2.24) is 4.98 Å². The number of hydrogen-bond donors (Lipinski definition) is 0. The summed E-state index contributed by atoms with van der Waals surface area (Å²) in [6, 6.07) is 8.17. The number of rotatable bonds is 5. The predicted octanol–water partition coefficient (Wildman–Crippen LogP) is 3.05. The lowest BCUT2D eigenvalue weighted by molar-refractivity contribution is -0.113. The van der Waals surface area contributed by atoms with Gasteiger partial charge in [0.05, 0.1) is 7.11 Å². The Bertz CT molecular complexity index is 624. The molecule has 2 rings (SSSR count). The van der Waals surface area contributed by atoms with Crippen molar-refractivity contribution in [2.45, 2.75) is 6.42 Å². The average molecular weight is 271 g/mol. The fourth-order valence-electron chi connectivity index (χ4n) is 1.74. The second-order valence-corrected chi connectivity index (χ2v) is 4.23. The summed E-state index contributed by atoms with van der Waals surface area (Å²) in [6.07, 6.45) is 6.61. The van der Waals surface area contributed by atoms with Crippen molar-refractivity contribution in [3.8, 4) is 5.75 Å². The van der Waals surface area contributed by atoms with Gasteiger partial charge < -0.3 is 4.74 Å². The van der Waals surface area contributed by atoms with Crippen molar-refractivity contribution in [3.05, 3.63) is 65.7 Å². The normalized spacial score (nSPS) is 10.7. The quantitative estimate of drug-likeness (QED) is 0.785. The number of nitrogens with zero attached hydrogens (tertiary/aromatic N) is 1. The molecule has 0 aliphatic heterocycles. The lowest BCUT2D eigenvalue weighted by atomic mass is 10.1. The van der Waals surface area contributed by atoms with Gasteiger partial charge in [-0.05, 0) is 35.4 Å². The lowest BCUT2D eigenvalue weighted by Crippen LogP contribution is -1.98. The topological polar surface area (TPSA) is 39.2 Å². The Kier molecular flexibility index (Phi) is 4.60. The number of hydrogen-bond acceptors (Lipinski definition) is 3. The van der Waals surface area contributed by atoms with Gasteiger partial charge in [0.2, 0.25) is 0 Å². The van der Waals surface area contributed by atoms with Crippen LogP contribution in [-0.2, 0) is 11.2 Å². The van der Waals surface area contributed by atoms with Crippen molar-refractivity contribution >= 4 is 11.9 Å². The molecule has 4 heteroatoms. The Morgan fingerprint density at radius 2 is 2.25 bits per heavy atom. The van der Waals surface area contributed by atoms with Crippen molar-refractivity contribution < 1.29 is 13.9 Å². The van der Waals surface area contributed by atoms with Crippen LogP contribution in [0.3, 0.4) is 0 Å². The van der Waals surface area contributed by atoms with Gasteiger partial charge in [-0.1, -0.05) is 18.2 Å². The summed E-state index contributed by atoms with van der Waals surface area (Å²) in [7, 11) is 1.41. The second-order valence-electron chi connectivity index (χ2n) is 4.23. The first-order valence-corrected chi connectivity index (χ1v) is 6.12. The highest BCUT2D eigenvalue weighted by atomic mass is 19.1. The summed E-state index contributed by atoms with van der Waals surface area (Å²) in [5.74, 6) is -0.326. The molecular formula is C16H14FNO2. The number of ether oxygens (including phenoxy) is 1. The minimum Gasteiger partial charge on any atom is -0.494 e. The van der Waals surface area contributed by atoms with E-state index in [-0.39, 0.29) is 18.0 Å². The SMILES string of the molecule is COc1ccc(C=CC(=O)Cc2cccnc2)cc1F. The molecule has 20 heavy (non-hydrogen) atoms. The van der Waals surface area contributed by atoms with Crippen LogP contribution in [0.4, 0.5) is 4.39 Å². The first kappa shape index (κ1) is 13.9. The molecule has 0 spiro atoms. The maximum absolute atomic E-state index is 13.5. The van der Waals surface area contributed by atoms with E-state index in [0.29, 0.717) is 5.56 Å². The molecule has 0 aliphatic carbocycles. The van der Waals surface area contributed by atoms with E-state index >= 15 is 0 Å². The van der Waals surface area contributed by atoms with Crippen molar-refractivity contribution in [3.63, 3.8) is 0 Å². The number of allylic oxidation sites excluding steroid dienone is 1. The van der Waals surface area contributed by atoms with Crippen LogP contribution in [0.1, 0.15) is 11.1 Å². The number of benzene rings is 1. The summed E-state index contributed by atoms with van der Waals surface area (Å²) in [6.45, 7) is 0. The van der Waals surface area contributed by atoms with Gasteiger partial charge >= 0.3 is 0 Å². The molecule has 0 saturated carbocycles. The molecule has 102 valence electrons. The molecule has 1 heterocycles. The van der Waals surface area contributed by atoms with E-state index in [1.54, 1.807) is 30.6 Å². The molecule has 1 aromatic carbocycles. The minimum absolute atomic E-state index is 0.0609. The average Bonchev–Trinajstić information content (AvgIpc) is 2.46. The van der Waals surface area contributed by atoms with Crippen LogP contribution in [0, 0.1) is 5.82 Å². The molecule has 3 nitrogen and oxygen atoms in total. The summed E-state index contributed by atoms with van der Waals surface area (Å²) >= 11 is 0. The number of methoxy groups -OCH3 is 1. The van der Waals surface area contributed by atoms with Gasteiger partial charge in [-0.15, -0.1) is 0 Å². The fourth-order valence-corrected chi connectivity index (χ4v) is 1.74. The Hall–Kier alpha value is -2.49. The maximum Gasteiger partial charge on any atom is 0.165 e. The molecule has 2 aromatic rings. The van der Waals surface area contributed by atoms with Gasteiger partial charge in [0.15, 0.2) is 17.3 Å². The van der Waals surface area contributed by atoms with Gasteiger partial charge in [0.25, 0.3) is 0 Å². The first-order chi connectivity index (χ1) is 9.69. The number of ketones is 1. The molecule has 0 radical (unpaired) electrons. The molecule has 0 unspecified atom stereocenters. The third-order valence-corrected chi connectivity index (χ3v) is 2.74. The third kappa shape index (κ3) is 3.75. The van der Waals surface area contributed by atoms with Gasteiger partial charge in [-0.25, -0.2) is 4.39 Å². The van der Waals surface area contributed by atoms with Gasteiger partial charge in [-0.3, -0.25) is 9.78 Å². The second kappa shape index (κ2) is 6.61.